The highest BCUT2D eigenvalue weighted by atomic mass is 32.1. The van der Waals surface area contributed by atoms with Crippen LogP contribution in [0.4, 0.5) is 17.1 Å². The van der Waals surface area contributed by atoms with Crippen molar-refractivity contribution in [1.29, 1.82) is 0 Å². The number of rotatable bonds is 6. The lowest BCUT2D eigenvalue weighted by Gasteiger charge is -2.34. The zero-order valence-electron chi connectivity index (χ0n) is 30.1. The van der Waals surface area contributed by atoms with E-state index in [1.165, 1.54) is 81.1 Å². The minimum atomic E-state index is -0.502. The Hall–Kier alpha value is -6.74. The van der Waals surface area contributed by atoms with Gasteiger partial charge < -0.3 is 4.90 Å². The van der Waals surface area contributed by atoms with E-state index in [0.29, 0.717) is 0 Å². The molecule has 0 N–H and O–H groups in total. The number of nitrogens with zero attached hydrogens (tertiary/aromatic N) is 1. The molecule has 0 radical (unpaired) electrons. The molecular formula is C53H35NS. The molecule has 55 heavy (non-hydrogen) atoms. The van der Waals surface area contributed by atoms with E-state index in [4.69, 9.17) is 0 Å². The smallest absolute Gasteiger partial charge is 0.0714 e. The minimum Gasteiger partial charge on any atom is -0.308 e. The van der Waals surface area contributed by atoms with Gasteiger partial charge in [0, 0.05) is 26.6 Å². The van der Waals surface area contributed by atoms with E-state index in [0.717, 1.165) is 11.4 Å². The van der Waals surface area contributed by atoms with Crippen molar-refractivity contribution in [3.8, 4) is 22.3 Å². The molecule has 0 bridgehead atoms. The molecule has 1 aliphatic rings. The summed E-state index contributed by atoms with van der Waals surface area (Å²) in [6, 6.07) is 78.3. The monoisotopic (exact) mass is 717 g/mol. The molecule has 10 aromatic rings. The van der Waals surface area contributed by atoms with Crippen LogP contribution in [-0.4, -0.2) is 0 Å². The summed E-state index contributed by atoms with van der Waals surface area (Å²) in [4.78, 5) is 2.56. The highest BCUT2D eigenvalue weighted by molar-refractivity contribution is 7.26. The van der Waals surface area contributed by atoms with Crippen molar-refractivity contribution >= 4 is 59.3 Å². The van der Waals surface area contributed by atoms with Gasteiger partial charge in [0.2, 0.25) is 0 Å². The van der Waals surface area contributed by atoms with Crippen LogP contribution in [0.2, 0.25) is 0 Å². The molecule has 1 heterocycles. The molecular weight excluding hydrogens is 683 g/mol. The molecule has 1 aliphatic carbocycles. The highest BCUT2D eigenvalue weighted by Crippen LogP contribution is 2.60. The number of para-hydroxylation sites is 1. The molecule has 9 aromatic carbocycles. The summed E-state index contributed by atoms with van der Waals surface area (Å²) in [6.07, 6.45) is 0. The predicted molar refractivity (Wildman–Crippen MR) is 234 cm³/mol. The quantitative estimate of drug-likeness (QED) is 0.166. The van der Waals surface area contributed by atoms with Gasteiger partial charge in [0.05, 0.1) is 27.2 Å². The van der Waals surface area contributed by atoms with Gasteiger partial charge in [0.1, 0.15) is 0 Å². The Morgan fingerprint density at radius 3 is 1.78 bits per heavy atom. The molecule has 0 spiro atoms. The average Bonchev–Trinajstić information content (AvgIpc) is 3.79. The second-order valence-electron chi connectivity index (χ2n) is 14.4. The van der Waals surface area contributed by atoms with Crippen LogP contribution >= 0.6 is 11.3 Å². The van der Waals surface area contributed by atoms with Crippen LogP contribution in [0.5, 0.6) is 0 Å². The average molecular weight is 718 g/mol. The Morgan fingerprint density at radius 2 is 0.964 bits per heavy atom. The Labute approximate surface area is 325 Å². The van der Waals surface area contributed by atoms with Gasteiger partial charge in [-0.05, 0) is 74.5 Å². The fourth-order valence-corrected chi connectivity index (χ4v) is 10.4. The van der Waals surface area contributed by atoms with Crippen molar-refractivity contribution in [2.75, 3.05) is 4.90 Å². The summed E-state index contributed by atoms with van der Waals surface area (Å²) in [5.41, 5.74) is 13.0. The molecule has 0 saturated carbocycles. The molecule has 0 aliphatic heterocycles. The van der Waals surface area contributed by atoms with Gasteiger partial charge >= 0.3 is 0 Å². The topological polar surface area (TPSA) is 3.24 Å². The van der Waals surface area contributed by atoms with Crippen molar-refractivity contribution in [3.63, 3.8) is 0 Å². The lowest BCUT2D eigenvalue weighted by Crippen LogP contribution is -2.28. The van der Waals surface area contributed by atoms with Gasteiger partial charge in [-0.2, -0.15) is 0 Å². The number of thiophene rings is 1. The van der Waals surface area contributed by atoms with Gasteiger partial charge in [-0.15, -0.1) is 11.3 Å². The maximum Gasteiger partial charge on any atom is 0.0714 e. The number of fused-ring (bicyclic) bond motifs is 7. The van der Waals surface area contributed by atoms with Crippen LogP contribution < -0.4 is 4.90 Å². The minimum absolute atomic E-state index is 0.502. The predicted octanol–water partition coefficient (Wildman–Crippen LogP) is 14.7. The molecule has 0 unspecified atom stereocenters. The van der Waals surface area contributed by atoms with Crippen LogP contribution in [0.1, 0.15) is 22.3 Å². The van der Waals surface area contributed by atoms with E-state index in [1.54, 1.807) is 0 Å². The normalized spacial score (nSPS) is 12.9. The zero-order chi connectivity index (χ0) is 36.3. The Balaban J connectivity index is 1.26. The first-order chi connectivity index (χ1) is 27.3. The molecule has 11 rings (SSSR count). The fourth-order valence-electron chi connectivity index (χ4n) is 9.23. The Bertz CT molecular complexity index is 3010. The molecule has 1 nitrogen and oxygen atoms in total. The first-order valence-electron chi connectivity index (χ1n) is 18.9. The summed E-state index contributed by atoms with van der Waals surface area (Å²) in [5, 5.41) is 5.05. The summed E-state index contributed by atoms with van der Waals surface area (Å²) >= 11 is 1.88. The standard InChI is InChI=1S/C53H35NS/c1-3-19-39(20-4-1)53(40-21-5-2-6-22-40)45-27-12-9-25-44(45)51-46(53)28-16-30-48(51)54(49-31-15-26-43-42-24-11-14-32-50(42)55-52(43)49)47-29-13-10-23-41(47)38-34-33-36-17-7-8-18-37(36)35-38/h1-35H. The van der Waals surface area contributed by atoms with Crippen LogP contribution in [0, 0.1) is 0 Å². The van der Waals surface area contributed by atoms with Crippen LogP contribution in [0.3, 0.4) is 0 Å². The number of hydrogen-bond donors (Lipinski definition) is 0. The highest BCUT2D eigenvalue weighted by Gasteiger charge is 2.47. The van der Waals surface area contributed by atoms with Crippen molar-refractivity contribution in [2.45, 2.75) is 5.41 Å². The third kappa shape index (κ3) is 4.78. The van der Waals surface area contributed by atoms with E-state index in [1.807, 2.05) is 11.3 Å². The zero-order valence-corrected chi connectivity index (χ0v) is 30.9. The Kier molecular flexibility index (Phi) is 7.33. The number of hydrogen-bond acceptors (Lipinski definition) is 2. The molecule has 258 valence electrons. The van der Waals surface area contributed by atoms with Crippen molar-refractivity contribution in [3.05, 3.63) is 235 Å². The lowest BCUT2D eigenvalue weighted by atomic mass is 9.68. The van der Waals surface area contributed by atoms with Crippen molar-refractivity contribution in [1.82, 2.24) is 0 Å². The summed E-state index contributed by atoms with van der Waals surface area (Å²) < 4.78 is 2.57. The van der Waals surface area contributed by atoms with Crippen molar-refractivity contribution < 1.29 is 0 Å². The first-order valence-corrected chi connectivity index (χ1v) is 19.8. The van der Waals surface area contributed by atoms with Crippen LogP contribution in [0.25, 0.3) is 53.2 Å². The van der Waals surface area contributed by atoms with Gasteiger partial charge in [0.25, 0.3) is 0 Å². The lowest BCUT2D eigenvalue weighted by molar-refractivity contribution is 0.768. The van der Waals surface area contributed by atoms with Gasteiger partial charge in [0.15, 0.2) is 0 Å². The van der Waals surface area contributed by atoms with Crippen LogP contribution in [-0.2, 0) is 5.41 Å². The van der Waals surface area contributed by atoms with Crippen molar-refractivity contribution in [2.24, 2.45) is 0 Å². The summed E-state index contributed by atoms with van der Waals surface area (Å²) in [5.74, 6) is 0. The van der Waals surface area contributed by atoms with E-state index in [2.05, 4.69) is 217 Å². The Morgan fingerprint density at radius 1 is 0.382 bits per heavy atom. The third-order valence-electron chi connectivity index (χ3n) is 11.5. The van der Waals surface area contributed by atoms with E-state index >= 15 is 0 Å². The third-order valence-corrected chi connectivity index (χ3v) is 12.7. The largest absolute Gasteiger partial charge is 0.308 e. The molecule has 0 amide bonds. The molecule has 1 aromatic heterocycles. The molecule has 0 atom stereocenters. The van der Waals surface area contributed by atoms with E-state index in [9.17, 15) is 0 Å². The van der Waals surface area contributed by atoms with E-state index in [-0.39, 0.29) is 0 Å². The first kappa shape index (κ1) is 31.8. The molecule has 0 fully saturated rings. The number of benzene rings is 9. The number of anilines is 3. The second kappa shape index (κ2) is 12.7. The summed E-state index contributed by atoms with van der Waals surface area (Å²) in [6.45, 7) is 0. The summed E-state index contributed by atoms with van der Waals surface area (Å²) in [7, 11) is 0. The maximum atomic E-state index is 2.56. The molecule has 0 saturated heterocycles. The maximum absolute atomic E-state index is 2.56. The SMILES string of the molecule is c1ccc(C2(c3ccccc3)c3ccccc3-c3c(N(c4ccccc4-c4ccc5ccccc5c4)c4cccc5c4sc4ccccc45)cccc32)cc1. The van der Waals surface area contributed by atoms with Gasteiger partial charge in [-0.25, -0.2) is 0 Å². The van der Waals surface area contributed by atoms with E-state index < -0.39 is 5.41 Å². The second-order valence-corrected chi connectivity index (χ2v) is 15.4. The fraction of sp³-hybridized carbons (Fsp3) is 0.0189. The molecule has 2 heteroatoms. The van der Waals surface area contributed by atoms with Gasteiger partial charge in [-0.3, -0.25) is 0 Å². The van der Waals surface area contributed by atoms with Crippen LogP contribution in [0.15, 0.2) is 212 Å². The van der Waals surface area contributed by atoms with Gasteiger partial charge in [-0.1, -0.05) is 182 Å².